The van der Waals surface area contributed by atoms with Crippen molar-refractivity contribution in [1.82, 2.24) is 9.55 Å². The minimum absolute atomic E-state index is 0.246. The molecule has 37 heavy (non-hydrogen) atoms. The topological polar surface area (TPSA) is 94.6 Å². The van der Waals surface area contributed by atoms with E-state index in [1.807, 2.05) is 62.6 Å². The fourth-order valence-electron chi connectivity index (χ4n) is 4.59. The molecule has 7 nitrogen and oxygen atoms in total. The average Bonchev–Trinajstić information content (AvgIpc) is 3.55. The van der Waals surface area contributed by atoms with Gasteiger partial charge in [-0.05, 0) is 73.3 Å². The first-order chi connectivity index (χ1) is 17.6. The molecule has 4 aromatic rings. The Labute approximate surface area is 223 Å². The van der Waals surface area contributed by atoms with E-state index in [2.05, 4.69) is 15.9 Å². The molecule has 0 radical (unpaired) electrons. The minimum atomic E-state index is -0.944. The highest BCUT2D eigenvalue weighted by Crippen LogP contribution is 2.42. The highest BCUT2D eigenvalue weighted by atomic mass is 79.9. The van der Waals surface area contributed by atoms with E-state index in [0.717, 1.165) is 34.1 Å². The number of imidazole rings is 1. The molecule has 2 aromatic carbocycles. The smallest absolute Gasteiger partial charge is 0.354 e. The lowest BCUT2D eigenvalue weighted by molar-refractivity contribution is 0.00700. The molecule has 0 aliphatic heterocycles. The Morgan fingerprint density at radius 1 is 1.19 bits per heavy atom. The summed E-state index contributed by atoms with van der Waals surface area (Å²) < 4.78 is 14.3. The molecule has 0 bridgehead atoms. The van der Waals surface area contributed by atoms with Gasteiger partial charge in [-0.15, -0.1) is 0 Å². The summed E-state index contributed by atoms with van der Waals surface area (Å²) in [6, 6.07) is 13.0. The van der Waals surface area contributed by atoms with Gasteiger partial charge in [0, 0.05) is 29.8 Å². The second-order valence-electron chi connectivity index (χ2n) is 10.4. The molecule has 1 aliphatic rings. The molecule has 5 rings (SSSR count). The molecule has 1 fully saturated rings. The second kappa shape index (κ2) is 9.49. The normalized spacial score (nSPS) is 13.8. The summed E-state index contributed by atoms with van der Waals surface area (Å²) in [5, 5.41) is 10.8. The van der Waals surface area contributed by atoms with Crippen molar-refractivity contribution in [3.05, 3.63) is 75.3 Å². The first-order valence-corrected chi connectivity index (χ1v) is 13.2. The molecule has 1 N–H and O–H groups in total. The molecule has 0 amide bonds. The Kier molecular flexibility index (Phi) is 6.48. The molecule has 0 atom stereocenters. The zero-order chi connectivity index (χ0) is 26.5. The maximum Gasteiger partial charge on any atom is 0.354 e. The predicted molar refractivity (Wildman–Crippen MR) is 144 cm³/mol. The van der Waals surface area contributed by atoms with Gasteiger partial charge < -0.3 is 18.8 Å². The van der Waals surface area contributed by atoms with Gasteiger partial charge in [-0.3, -0.25) is 0 Å². The summed E-state index contributed by atoms with van der Waals surface area (Å²) in [6.45, 7) is 7.88. The van der Waals surface area contributed by atoms with Crippen LogP contribution in [0.4, 0.5) is 0 Å². The van der Waals surface area contributed by atoms with Crippen molar-refractivity contribution >= 4 is 38.8 Å². The van der Waals surface area contributed by atoms with Crippen LogP contribution in [0.3, 0.4) is 0 Å². The summed E-state index contributed by atoms with van der Waals surface area (Å²) in [5.41, 5.74) is 3.01. The average molecular weight is 565 g/mol. The van der Waals surface area contributed by atoms with Gasteiger partial charge in [0.15, 0.2) is 5.69 Å². The predicted octanol–water partition coefficient (Wildman–Crippen LogP) is 7.20. The van der Waals surface area contributed by atoms with E-state index >= 15 is 0 Å². The Balaban J connectivity index is 1.54. The van der Waals surface area contributed by atoms with Crippen LogP contribution in [0.5, 0.6) is 0 Å². The zero-order valence-electron chi connectivity index (χ0n) is 21.3. The van der Waals surface area contributed by atoms with Crippen LogP contribution in [-0.2, 0) is 17.7 Å². The van der Waals surface area contributed by atoms with Crippen molar-refractivity contribution in [1.29, 1.82) is 0 Å². The van der Waals surface area contributed by atoms with Gasteiger partial charge in [-0.2, -0.15) is 0 Å². The molecule has 192 valence electrons. The Hall–Kier alpha value is -3.39. The van der Waals surface area contributed by atoms with Crippen LogP contribution in [-0.4, -0.2) is 32.2 Å². The Morgan fingerprint density at radius 3 is 2.57 bits per heavy atom. The fraction of sp³-hybridized carbons (Fsp3) is 0.345. The van der Waals surface area contributed by atoms with Crippen molar-refractivity contribution in [2.24, 2.45) is 0 Å². The van der Waals surface area contributed by atoms with Gasteiger partial charge in [-0.1, -0.05) is 31.2 Å². The maximum atomic E-state index is 12.9. The number of benzene rings is 2. The maximum absolute atomic E-state index is 12.9. The quantitative estimate of drug-likeness (QED) is 0.238. The van der Waals surface area contributed by atoms with Gasteiger partial charge in [0.05, 0.1) is 15.7 Å². The number of esters is 1. The molecule has 8 heteroatoms. The van der Waals surface area contributed by atoms with Crippen LogP contribution in [0.15, 0.2) is 51.4 Å². The number of carbonyl (C=O) groups excluding carboxylic acids is 1. The van der Waals surface area contributed by atoms with E-state index in [9.17, 15) is 14.7 Å². The number of aromatic nitrogens is 2. The van der Waals surface area contributed by atoms with Gasteiger partial charge in [0.1, 0.15) is 22.8 Å². The molecule has 2 aromatic heterocycles. The van der Waals surface area contributed by atoms with Crippen LogP contribution >= 0.6 is 15.9 Å². The van der Waals surface area contributed by atoms with Crippen LogP contribution in [0.1, 0.15) is 84.4 Å². The number of nitrogens with zero attached hydrogens (tertiary/aromatic N) is 2. The monoisotopic (exact) mass is 564 g/mol. The number of carboxylic acid groups (broad SMARTS) is 1. The number of aryl methyl sites for hydroxylation is 1. The number of halogens is 1. The minimum Gasteiger partial charge on any atom is -0.477 e. The third-order valence-electron chi connectivity index (χ3n) is 6.38. The van der Waals surface area contributed by atoms with E-state index in [4.69, 9.17) is 14.1 Å². The molecule has 0 spiro atoms. The number of ether oxygens (including phenoxy) is 1. The van der Waals surface area contributed by atoms with Crippen LogP contribution < -0.4 is 0 Å². The van der Waals surface area contributed by atoms with Crippen LogP contribution in [0.25, 0.3) is 22.3 Å². The molecule has 0 unspecified atom stereocenters. The molecule has 2 heterocycles. The van der Waals surface area contributed by atoms with Gasteiger partial charge in [0.25, 0.3) is 0 Å². The van der Waals surface area contributed by atoms with Crippen LogP contribution in [0.2, 0.25) is 0 Å². The highest BCUT2D eigenvalue weighted by molar-refractivity contribution is 9.10. The number of carbonyl (C=O) groups is 2. The summed E-state index contributed by atoms with van der Waals surface area (Å²) in [5.74, 6) is 0.192. The Morgan fingerprint density at radius 2 is 1.92 bits per heavy atom. The lowest BCUT2D eigenvalue weighted by Gasteiger charge is -2.20. The molecule has 1 aliphatic carbocycles. The number of hydrogen-bond acceptors (Lipinski definition) is 5. The van der Waals surface area contributed by atoms with Crippen molar-refractivity contribution < 1.29 is 23.8 Å². The lowest BCUT2D eigenvalue weighted by atomic mass is 10.0. The van der Waals surface area contributed by atoms with Crippen molar-refractivity contribution in [2.75, 3.05) is 0 Å². The van der Waals surface area contributed by atoms with E-state index in [0.29, 0.717) is 41.1 Å². The summed E-state index contributed by atoms with van der Waals surface area (Å²) in [6.07, 6.45) is 2.63. The lowest BCUT2D eigenvalue weighted by Crippen LogP contribution is -2.24. The molecular weight excluding hydrogens is 536 g/mol. The number of rotatable bonds is 7. The third kappa shape index (κ3) is 4.94. The number of hydrogen-bond donors (Lipinski definition) is 1. The van der Waals surface area contributed by atoms with Crippen molar-refractivity contribution in [3.8, 4) is 11.3 Å². The van der Waals surface area contributed by atoms with Crippen molar-refractivity contribution in [3.63, 3.8) is 0 Å². The first-order valence-electron chi connectivity index (χ1n) is 12.4. The number of aromatic carboxylic acids is 1. The van der Waals surface area contributed by atoms with Gasteiger partial charge in [0.2, 0.25) is 0 Å². The molecular formula is C29H29BrN2O5. The van der Waals surface area contributed by atoms with Gasteiger partial charge in [-0.25, -0.2) is 14.6 Å². The Bertz CT molecular complexity index is 1520. The first kappa shape index (κ1) is 25.3. The van der Waals surface area contributed by atoms with Crippen LogP contribution in [0, 0.1) is 0 Å². The molecule has 0 saturated heterocycles. The number of furan rings is 1. The van der Waals surface area contributed by atoms with E-state index < -0.39 is 17.5 Å². The van der Waals surface area contributed by atoms with Gasteiger partial charge >= 0.3 is 11.9 Å². The number of fused-ring (bicyclic) bond motifs is 1. The van der Waals surface area contributed by atoms with E-state index in [1.165, 1.54) is 0 Å². The largest absolute Gasteiger partial charge is 0.477 e. The number of carboxylic acids is 1. The highest BCUT2D eigenvalue weighted by Gasteiger charge is 2.34. The van der Waals surface area contributed by atoms with E-state index in [1.54, 1.807) is 12.1 Å². The van der Waals surface area contributed by atoms with Crippen molar-refractivity contribution in [2.45, 2.75) is 65.0 Å². The third-order valence-corrected chi connectivity index (χ3v) is 7.17. The second-order valence-corrected chi connectivity index (χ2v) is 11.2. The molecule has 1 saturated carbocycles. The standard InChI is InChI=1S/C29H29BrN2O5/c1-5-22-31-24(17-11-12-17)25(27(33)34)32(22)15-16-10-13-21-20(14-16)23(30)26(36-21)18-8-6-7-9-19(18)28(35)37-29(2,3)4/h6-10,13-14,17H,5,11-12,15H2,1-4H3,(H,33,34). The van der Waals surface area contributed by atoms with E-state index in [-0.39, 0.29) is 11.6 Å². The SMILES string of the molecule is CCc1nc(C2CC2)c(C(=O)O)n1Cc1ccc2oc(-c3ccccc3C(=O)OC(C)(C)C)c(Br)c2c1. The fourth-order valence-corrected chi connectivity index (χ4v) is 5.19. The summed E-state index contributed by atoms with van der Waals surface area (Å²) in [4.78, 5) is 29.8. The summed E-state index contributed by atoms with van der Waals surface area (Å²) >= 11 is 3.69. The zero-order valence-corrected chi connectivity index (χ0v) is 22.9. The summed E-state index contributed by atoms with van der Waals surface area (Å²) in [7, 11) is 0.